The molecule has 0 bridgehead atoms. The van der Waals surface area contributed by atoms with E-state index in [0.717, 1.165) is 19.3 Å². The number of carbonyl (C=O) groups excluding carboxylic acids is 1. The van der Waals surface area contributed by atoms with Gasteiger partial charge in [-0.25, -0.2) is 4.79 Å². The minimum Gasteiger partial charge on any atom is -0.443 e. The fourth-order valence-electron chi connectivity index (χ4n) is 3.13. The molecule has 3 atom stereocenters. The number of rotatable bonds is 2. The Balaban J connectivity index is 1.45. The van der Waals surface area contributed by atoms with Crippen molar-refractivity contribution in [3.05, 3.63) is 0 Å². The number of amides is 1. The molecule has 1 saturated carbocycles. The molecule has 3 unspecified atom stereocenters. The first-order valence-electron chi connectivity index (χ1n) is 7.03. The van der Waals surface area contributed by atoms with Crippen LogP contribution in [0.3, 0.4) is 0 Å². The molecule has 1 amide bonds. The highest BCUT2D eigenvalue weighted by molar-refractivity contribution is 5.67. The molecule has 5 nitrogen and oxygen atoms in total. The Morgan fingerprint density at radius 2 is 1.94 bits per heavy atom. The third kappa shape index (κ3) is 2.62. The zero-order chi connectivity index (χ0) is 12.4. The third-order valence-electron chi connectivity index (χ3n) is 4.17. The van der Waals surface area contributed by atoms with Gasteiger partial charge in [-0.3, -0.25) is 0 Å². The molecule has 2 aliphatic heterocycles. The van der Waals surface area contributed by atoms with Gasteiger partial charge in [0.2, 0.25) is 0 Å². The Bertz CT molecular complexity index is 303. The van der Waals surface area contributed by atoms with E-state index in [1.165, 1.54) is 19.3 Å². The van der Waals surface area contributed by atoms with Crippen LogP contribution in [0.25, 0.3) is 0 Å². The second-order valence-corrected chi connectivity index (χ2v) is 5.45. The molecular weight excluding hydrogens is 234 g/mol. The standard InChI is InChI=1S/C13H21NO4/c15-13(14-9-4-2-1-3-5-9)18-11-8-17-12-10(11)6-7-16-12/h9-12H,1-8H2,(H,14,15). The lowest BCUT2D eigenvalue weighted by Gasteiger charge is -2.24. The van der Waals surface area contributed by atoms with Gasteiger partial charge < -0.3 is 19.5 Å². The fourth-order valence-corrected chi connectivity index (χ4v) is 3.13. The predicted octanol–water partition coefficient (Wildman–Crippen LogP) is 1.81. The second-order valence-electron chi connectivity index (χ2n) is 5.45. The van der Waals surface area contributed by atoms with Crippen molar-refractivity contribution in [1.82, 2.24) is 5.32 Å². The lowest BCUT2D eigenvalue weighted by molar-refractivity contribution is -0.0907. The highest BCUT2D eigenvalue weighted by Crippen LogP contribution is 2.33. The van der Waals surface area contributed by atoms with Crippen molar-refractivity contribution in [3.63, 3.8) is 0 Å². The van der Waals surface area contributed by atoms with Gasteiger partial charge in [0.1, 0.15) is 6.10 Å². The molecule has 0 radical (unpaired) electrons. The molecule has 3 fully saturated rings. The van der Waals surface area contributed by atoms with E-state index in [9.17, 15) is 4.79 Å². The molecule has 2 saturated heterocycles. The van der Waals surface area contributed by atoms with Gasteiger partial charge in [-0.1, -0.05) is 19.3 Å². The number of ether oxygens (including phenoxy) is 3. The summed E-state index contributed by atoms with van der Waals surface area (Å²) >= 11 is 0. The van der Waals surface area contributed by atoms with Crippen LogP contribution in [-0.2, 0) is 14.2 Å². The average Bonchev–Trinajstić information content (AvgIpc) is 2.95. The minimum atomic E-state index is -0.289. The van der Waals surface area contributed by atoms with E-state index in [-0.39, 0.29) is 24.4 Å². The number of alkyl carbamates (subject to hydrolysis) is 1. The van der Waals surface area contributed by atoms with Crippen molar-refractivity contribution in [1.29, 1.82) is 0 Å². The summed E-state index contributed by atoms with van der Waals surface area (Å²) in [7, 11) is 0. The van der Waals surface area contributed by atoms with Gasteiger partial charge in [0.25, 0.3) is 0 Å². The molecule has 0 spiro atoms. The Morgan fingerprint density at radius 3 is 2.78 bits per heavy atom. The zero-order valence-electron chi connectivity index (χ0n) is 10.6. The van der Waals surface area contributed by atoms with Gasteiger partial charge in [-0.2, -0.15) is 0 Å². The van der Waals surface area contributed by atoms with E-state index >= 15 is 0 Å². The highest BCUT2D eigenvalue weighted by Gasteiger charge is 2.43. The Morgan fingerprint density at radius 1 is 1.11 bits per heavy atom. The maximum Gasteiger partial charge on any atom is 0.407 e. The van der Waals surface area contributed by atoms with E-state index in [2.05, 4.69) is 5.32 Å². The summed E-state index contributed by atoms with van der Waals surface area (Å²) in [6.07, 6.45) is 6.18. The maximum absolute atomic E-state index is 11.8. The first-order valence-corrected chi connectivity index (χ1v) is 7.03. The topological polar surface area (TPSA) is 56.8 Å². The summed E-state index contributed by atoms with van der Waals surface area (Å²) in [5, 5.41) is 2.97. The lowest BCUT2D eigenvalue weighted by atomic mass is 9.96. The molecule has 0 aromatic rings. The molecule has 0 aromatic carbocycles. The van der Waals surface area contributed by atoms with Crippen LogP contribution in [0.1, 0.15) is 38.5 Å². The summed E-state index contributed by atoms with van der Waals surface area (Å²) in [6, 6.07) is 0.296. The lowest BCUT2D eigenvalue weighted by Crippen LogP contribution is -2.39. The number of carbonyl (C=O) groups is 1. The zero-order valence-corrected chi connectivity index (χ0v) is 10.6. The van der Waals surface area contributed by atoms with Crippen molar-refractivity contribution >= 4 is 6.09 Å². The summed E-state index contributed by atoms with van der Waals surface area (Å²) in [4.78, 5) is 11.8. The largest absolute Gasteiger partial charge is 0.443 e. The van der Waals surface area contributed by atoms with Crippen molar-refractivity contribution in [2.45, 2.75) is 57.0 Å². The molecular formula is C13H21NO4. The van der Waals surface area contributed by atoms with Crippen LogP contribution in [0.2, 0.25) is 0 Å². The van der Waals surface area contributed by atoms with E-state index in [4.69, 9.17) is 14.2 Å². The number of fused-ring (bicyclic) bond motifs is 1. The van der Waals surface area contributed by atoms with Crippen LogP contribution < -0.4 is 5.32 Å². The summed E-state index contributed by atoms with van der Waals surface area (Å²) < 4.78 is 16.3. The van der Waals surface area contributed by atoms with Crippen molar-refractivity contribution in [2.75, 3.05) is 13.2 Å². The number of hydrogen-bond acceptors (Lipinski definition) is 4. The van der Waals surface area contributed by atoms with Crippen molar-refractivity contribution in [3.8, 4) is 0 Å². The van der Waals surface area contributed by atoms with Gasteiger partial charge in [-0.05, 0) is 19.3 Å². The van der Waals surface area contributed by atoms with Gasteiger partial charge in [0, 0.05) is 6.04 Å². The maximum atomic E-state index is 11.8. The van der Waals surface area contributed by atoms with Crippen LogP contribution in [0.4, 0.5) is 4.79 Å². The molecule has 0 aromatic heterocycles. The normalized spacial score (nSPS) is 36.3. The van der Waals surface area contributed by atoms with E-state index in [1.807, 2.05) is 0 Å². The van der Waals surface area contributed by atoms with Crippen LogP contribution in [-0.4, -0.2) is 37.7 Å². The molecule has 1 aliphatic carbocycles. The number of nitrogens with one attached hydrogen (secondary N) is 1. The smallest absolute Gasteiger partial charge is 0.407 e. The molecule has 3 rings (SSSR count). The van der Waals surface area contributed by atoms with Gasteiger partial charge >= 0.3 is 6.09 Å². The van der Waals surface area contributed by atoms with E-state index in [0.29, 0.717) is 19.3 Å². The highest BCUT2D eigenvalue weighted by atomic mass is 16.7. The molecule has 1 N–H and O–H groups in total. The van der Waals surface area contributed by atoms with Crippen LogP contribution in [0, 0.1) is 5.92 Å². The van der Waals surface area contributed by atoms with Crippen LogP contribution >= 0.6 is 0 Å². The van der Waals surface area contributed by atoms with E-state index < -0.39 is 0 Å². The fraction of sp³-hybridized carbons (Fsp3) is 0.923. The van der Waals surface area contributed by atoms with Crippen molar-refractivity contribution in [2.24, 2.45) is 5.92 Å². The second kappa shape index (κ2) is 5.45. The quantitative estimate of drug-likeness (QED) is 0.817. The summed E-state index contributed by atoms with van der Waals surface area (Å²) in [5.74, 6) is 0.224. The SMILES string of the molecule is O=C(NC1CCCCC1)OC1COC2OCCC12. The monoisotopic (exact) mass is 255 g/mol. The van der Waals surface area contributed by atoms with Gasteiger partial charge in [0.05, 0.1) is 19.1 Å². The molecule has 3 aliphatic rings. The summed E-state index contributed by atoms with van der Waals surface area (Å²) in [6.45, 7) is 1.17. The first-order chi connectivity index (χ1) is 8.83. The molecule has 102 valence electrons. The number of hydrogen-bond donors (Lipinski definition) is 1. The van der Waals surface area contributed by atoms with E-state index in [1.54, 1.807) is 0 Å². The molecule has 5 heteroatoms. The summed E-state index contributed by atoms with van der Waals surface area (Å²) in [5.41, 5.74) is 0. The molecule has 18 heavy (non-hydrogen) atoms. The van der Waals surface area contributed by atoms with Crippen LogP contribution in [0.5, 0.6) is 0 Å². The first kappa shape index (κ1) is 12.2. The third-order valence-corrected chi connectivity index (χ3v) is 4.17. The Hall–Kier alpha value is -0.810. The minimum absolute atomic E-state index is 0.138. The van der Waals surface area contributed by atoms with Crippen LogP contribution in [0.15, 0.2) is 0 Å². The van der Waals surface area contributed by atoms with Gasteiger partial charge in [-0.15, -0.1) is 0 Å². The van der Waals surface area contributed by atoms with Gasteiger partial charge in [0.15, 0.2) is 6.29 Å². The Labute approximate surface area is 107 Å². The average molecular weight is 255 g/mol. The predicted molar refractivity (Wildman–Crippen MR) is 64.1 cm³/mol. The van der Waals surface area contributed by atoms with Crippen molar-refractivity contribution < 1.29 is 19.0 Å². The Kier molecular flexibility index (Phi) is 3.70. The molecule has 2 heterocycles.